The second-order valence-corrected chi connectivity index (χ2v) is 3.92. The molecule has 104 valence electrons. The van der Waals surface area contributed by atoms with Crippen LogP contribution in [0.2, 0.25) is 0 Å². The normalized spacial score (nSPS) is 35.9. The number of carbonyl (C=O) groups excluding carboxylic acids is 2. The summed E-state index contributed by atoms with van der Waals surface area (Å²) in [5, 5.41) is 28.7. The molecule has 0 aromatic rings. The molecule has 1 fully saturated rings. The molecule has 0 aromatic heterocycles. The molecule has 0 aromatic carbocycles. The van der Waals surface area contributed by atoms with Crippen molar-refractivity contribution in [3.05, 3.63) is 0 Å². The Balaban J connectivity index is 2.70. The zero-order chi connectivity index (χ0) is 13.9. The summed E-state index contributed by atoms with van der Waals surface area (Å²) in [7, 11) is 0. The van der Waals surface area contributed by atoms with Crippen LogP contribution < -0.4 is 0 Å². The SMILES string of the molecule is CC(=O)OC[C@H]1O[C@H](O)[C@@H](O)[C@@H](OC(C)=O)[C@@H]1O. The first-order valence-electron chi connectivity index (χ1n) is 5.33. The molecule has 0 bridgehead atoms. The van der Waals surface area contributed by atoms with Crippen LogP contribution in [-0.2, 0) is 23.8 Å². The minimum absolute atomic E-state index is 0.321. The summed E-state index contributed by atoms with van der Waals surface area (Å²) in [4.78, 5) is 21.5. The van der Waals surface area contributed by atoms with Gasteiger partial charge in [0.25, 0.3) is 0 Å². The third kappa shape index (κ3) is 3.64. The number of carbonyl (C=O) groups is 2. The predicted molar refractivity (Wildman–Crippen MR) is 55.1 cm³/mol. The van der Waals surface area contributed by atoms with Gasteiger partial charge in [-0.1, -0.05) is 0 Å². The number of aliphatic hydroxyl groups is 3. The van der Waals surface area contributed by atoms with Crippen LogP contribution in [0.5, 0.6) is 0 Å². The van der Waals surface area contributed by atoms with Gasteiger partial charge in [0.2, 0.25) is 0 Å². The molecule has 1 saturated heterocycles. The molecule has 1 rings (SSSR count). The maximum absolute atomic E-state index is 10.8. The molecule has 0 saturated carbocycles. The van der Waals surface area contributed by atoms with Gasteiger partial charge in [-0.2, -0.15) is 0 Å². The Bertz CT molecular complexity index is 317. The van der Waals surface area contributed by atoms with E-state index < -0.39 is 42.6 Å². The number of hydrogen-bond acceptors (Lipinski definition) is 8. The van der Waals surface area contributed by atoms with Gasteiger partial charge in [-0.15, -0.1) is 0 Å². The van der Waals surface area contributed by atoms with Crippen molar-refractivity contribution >= 4 is 11.9 Å². The third-order valence-corrected chi connectivity index (χ3v) is 2.41. The summed E-state index contributed by atoms with van der Waals surface area (Å²) in [6.07, 6.45) is -7.05. The second-order valence-electron chi connectivity index (χ2n) is 3.92. The molecule has 8 nitrogen and oxygen atoms in total. The van der Waals surface area contributed by atoms with Gasteiger partial charge in [0.05, 0.1) is 0 Å². The Hall–Kier alpha value is -1.22. The lowest BCUT2D eigenvalue weighted by atomic mass is 9.99. The van der Waals surface area contributed by atoms with Crippen LogP contribution in [0.4, 0.5) is 0 Å². The lowest BCUT2D eigenvalue weighted by molar-refractivity contribution is -0.290. The molecule has 0 aliphatic carbocycles. The third-order valence-electron chi connectivity index (χ3n) is 2.41. The standard InChI is InChI=1S/C10H16O8/c1-4(11)16-3-6-7(13)9(17-5(2)12)8(14)10(15)18-6/h6-10,13-15H,3H2,1-2H3/t6-,7-,8+,9+,10+/m1/s1. The molecule has 18 heavy (non-hydrogen) atoms. The first-order valence-corrected chi connectivity index (χ1v) is 5.33. The smallest absolute Gasteiger partial charge is 0.303 e. The van der Waals surface area contributed by atoms with E-state index in [1.807, 2.05) is 0 Å². The van der Waals surface area contributed by atoms with Gasteiger partial charge in [-0.3, -0.25) is 9.59 Å². The lowest BCUT2D eigenvalue weighted by Gasteiger charge is -2.39. The minimum atomic E-state index is -1.64. The minimum Gasteiger partial charge on any atom is -0.463 e. The van der Waals surface area contributed by atoms with Crippen LogP contribution in [0.15, 0.2) is 0 Å². The van der Waals surface area contributed by atoms with E-state index in [-0.39, 0.29) is 6.61 Å². The molecule has 0 amide bonds. The summed E-state index contributed by atoms with van der Waals surface area (Å²) in [5.74, 6) is -1.31. The van der Waals surface area contributed by atoms with Gasteiger partial charge < -0.3 is 29.5 Å². The Morgan fingerprint density at radius 1 is 1.11 bits per heavy atom. The predicted octanol–water partition coefficient (Wildman–Crippen LogP) is -2.08. The second kappa shape index (κ2) is 6.10. The molecule has 1 heterocycles. The number of esters is 2. The van der Waals surface area contributed by atoms with Gasteiger partial charge in [-0.05, 0) is 0 Å². The summed E-state index contributed by atoms with van der Waals surface area (Å²) in [6, 6.07) is 0. The number of ether oxygens (including phenoxy) is 3. The van der Waals surface area contributed by atoms with E-state index in [2.05, 4.69) is 4.74 Å². The highest BCUT2D eigenvalue weighted by Gasteiger charge is 2.46. The van der Waals surface area contributed by atoms with Gasteiger partial charge in [0, 0.05) is 13.8 Å². The van der Waals surface area contributed by atoms with Crippen molar-refractivity contribution in [2.75, 3.05) is 6.61 Å². The van der Waals surface area contributed by atoms with Crippen LogP contribution in [0.3, 0.4) is 0 Å². The van der Waals surface area contributed by atoms with E-state index in [0.717, 1.165) is 6.92 Å². The van der Waals surface area contributed by atoms with Crippen LogP contribution in [0.1, 0.15) is 13.8 Å². The van der Waals surface area contributed by atoms with Crippen LogP contribution >= 0.6 is 0 Å². The largest absolute Gasteiger partial charge is 0.463 e. The molecule has 0 radical (unpaired) electrons. The molecule has 8 heteroatoms. The van der Waals surface area contributed by atoms with Crippen molar-refractivity contribution in [2.24, 2.45) is 0 Å². The number of aliphatic hydroxyl groups excluding tert-OH is 3. The molecule has 0 unspecified atom stereocenters. The van der Waals surface area contributed by atoms with E-state index in [9.17, 15) is 24.9 Å². The van der Waals surface area contributed by atoms with Crippen molar-refractivity contribution in [3.8, 4) is 0 Å². The molecule has 0 spiro atoms. The highest BCUT2D eigenvalue weighted by molar-refractivity contribution is 5.66. The summed E-state index contributed by atoms with van der Waals surface area (Å²) < 4.78 is 14.2. The maximum atomic E-state index is 10.8. The van der Waals surface area contributed by atoms with E-state index >= 15 is 0 Å². The van der Waals surface area contributed by atoms with E-state index in [1.165, 1.54) is 6.92 Å². The zero-order valence-electron chi connectivity index (χ0n) is 9.98. The highest BCUT2D eigenvalue weighted by Crippen LogP contribution is 2.22. The topological polar surface area (TPSA) is 123 Å². The zero-order valence-corrected chi connectivity index (χ0v) is 9.98. The Morgan fingerprint density at radius 2 is 1.72 bits per heavy atom. The van der Waals surface area contributed by atoms with Gasteiger partial charge in [0.15, 0.2) is 12.4 Å². The van der Waals surface area contributed by atoms with Crippen molar-refractivity contribution in [1.82, 2.24) is 0 Å². The lowest BCUT2D eigenvalue weighted by Crippen LogP contribution is -2.60. The van der Waals surface area contributed by atoms with Gasteiger partial charge in [0.1, 0.15) is 24.9 Å². The Kier molecular flexibility index (Phi) is 5.03. The first-order chi connectivity index (χ1) is 8.32. The monoisotopic (exact) mass is 264 g/mol. The number of hydrogen-bond donors (Lipinski definition) is 3. The Labute approximate surface area is 103 Å². The van der Waals surface area contributed by atoms with Crippen molar-refractivity contribution < 1.29 is 39.1 Å². The molecular formula is C10H16O8. The molecular weight excluding hydrogens is 248 g/mol. The quantitative estimate of drug-likeness (QED) is 0.496. The van der Waals surface area contributed by atoms with Crippen LogP contribution in [-0.4, -0.2) is 64.6 Å². The molecule has 1 aliphatic rings. The van der Waals surface area contributed by atoms with Gasteiger partial charge in [-0.25, -0.2) is 0 Å². The average molecular weight is 264 g/mol. The fraction of sp³-hybridized carbons (Fsp3) is 0.800. The van der Waals surface area contributed by atoms with Crippen LogP contribution in [0.25, 0.3) is 0 Å². The van der Waals surface area contributed by atoms with Gasteiger partial charge >= 0.3 is 11.9 Å². The van der Waals surface area contributed by atoms with E-state index in [0.29, 0.717) is 0 Å². The summed E-state index contributed by atoms with van der Waals surface area (Å²) in [6.45, 7) is 1.95. The van der Waals surface area contributed by atoms with Crippen molar-refractivity contribution in [3.63, 3.8) is 0 Å². The Morgan fingerprint density at radius 3 is 2.22 bits per heavy atom. The highest BCUT2D eigenvalue weighted by atomic mass is 16.7. The molecule has 5 atom stereocenters. The fourth-order valence-electron chi connectivity index (χ4n) is 1.58. The van der Waals surface area contributed by atoms with E-state index in [1.54, 1.807) is 0 Å². The molecule has 3 N–H and O–H groups in total. The van der Waals surface area contributed by atoms with Crippen molar-refractivity contribution in [2.45, 2.75) is 44.6 Å². The first kappa shape index (κ1) is 14.8. The maximum Gasteiger partial charge on any atom is 0.303 e. The fourth-order valence-corrected chi connectivity index (χ4v) is 1.58. The average Bonchev–Trinajstić information content (AvgIpc) is 2.27. The number of rotatable bonds is 3. The summed E-state index contributed by atoms with van der Waals surface area (Å²) in [5.41, 5.74) is 0. The van der Waals surface area contributed by atoms with Crippen LogP contribution in [0, 0.1) is 0 Å². The summed E-state index contributed by atoms with van der Waals surface area (Å²) >= 11 is 0. The van der Waals surface area contributed by atoms with Crippen molar-refractivity contribution in [1.29, 1.82) is 0 Å². The van der Waals surface area contributed by atoms with E-state index in [4.69, 9.17) is 9.47 Å². The molecule has 1 aliphatic heterocycles.